The van der Waals surface area contributed by atoms with Crippen LogP contribution in [0.1, 0.15) is 35.7 Å². The SMILES string of the molecule is COC(=O)c1ccc(CNCC(C)N2CCCC2)cc1. The van der Waals surface area contributed by atoms with Crippen molar-refractivity contribution >= 4 is 5.97 Å². The van der Waals surface area contributed by atoms with Gasteiger partial charge in [0.25, 0.3) is 0 Å². The summed E-state index contributed by atoms with van der Waals surface area (Å²) in [7, 11) is 1.40. The second kappa shape index (κ2) is 7.41. The van der Waals surface area contributed by atoms with Gasteiger partial charge in [-0.1, -0.05) is 12.1 Å². The standard InChI is InChI=1S/C16H24N2O2/c1-13(18-9-3-4-10-18)11-17-12-14-5-7-15(8-6-14)16(19)20-2/h5-8,13,17H,3-4,9-12H2,1-2H3. The molecule has 0 aromatic heterocycles. The molecular formula is C16H24N2O2. The number of carbonyl (C=O) groups excluding carboxylic acids is 1. The number of benzene rings is 1. The lowest BCUT2D eigenvalue weighted by atomic mass is 10.1. The Hall–Kier alpha value is -1.39. The average molecular weight is 276 g/mol. The van der Waals surface area contributed by atoms with Crippen LogP contribution < -0.4 is 5.32 Å². The molecule has 4 heteroatoms. The highest BCUT2D eigenvalue weighted by Gasteiger charge is 2.17. The molecular weight excluding hydrogens is 252 g/mol. The first-order chi connectivity index (χ1) is 9.70. The second-order valence-corrected chi connectivity index (χ2v) is 5.41. The molecule has 1 atom stereocenters. The Morgan fingerprint density at radius 3 is 2.55 bits per heavy atom. The Morgan fingerprint density at radius 2 is 1.95 bits per heavy atom. The fourth-order valence-electron chi connectivity index (χ4n) is 2.61. The Bertz CT molecular complexity index is 425. The van der Waals surface area contributed by atoms with Crippen molar-refractivity contribution in [1.82, 2.24) is 10.2 Å². The van der Waals surface area contributed by atoms with Crippen molar-refractivity contribution in [3.8, 4) is 0 Å². The number of esters is 1. The van der Waals surface area contributed by atoms with Crippen molar-refractivity contribution in [1.29, 1.82) is 0 Å². The van der Waals surface area contributed by atoms with Gasteiger partial charge in [-0.25, -0.2) is 4.79 Å². The van der Waals surface area contributed by atoms with Crippen LogP contribution >= 0.6 is 0 Å². The van der Waals surface area contributed by atoms with E-state index in [1.165, 1.54) is 38.6 Å². The zero-order valence-corrected chi connectivity index (χ0v) is 12.4. The molecule has 1 heterocycles. The van der Waals surface area contributed by atoms with E-state index in [9.17, 15) is 4.79 Å². The van der Waals surface area contributed by atoms with Crippen molar-refractivity contribution < 1.29 is 9.53 Å². The van der Waals surface area contributed by atoms with Crippen LogP contribution in [-0.2, 0) is 11.3 Å². The van der Waals surface area contributed by atoms with E-state index < -0.39 is 0 Å². The molecule has 0 bridgehead atoms. The lowest BCUT2D eigenvalue weighted by Gasteiger charge is -2.23. The largest absolute Gasteiger partial charge is 0.465 e. The number of hydrogen-bond acceptors (Lipinski definition) is 4. The predicted molar refractivity (Wildman–Crippen MR) is 79.8 cm³/mol. The van der Waals surface area contributed by atoms with E-state index in [2.05, 4.69) is 21.9 Å². The van der Waals surface area contributed by atoms with E-state index >= 15 is 0 Å². The summed E-state index contributed by atoms with van der Waals surface area (Å²) in [6, 6.07) is 8.16. The summed E-state index contributed by atoms with van der Waals surface area (Å²) < 4.78 is 4.69. The summed E-state index contributed by atoms with van der Waals surface area (Å²) in [4.78, 5) is 13.9. The molecule has 110 valence electrons. The van der Waals surface area contributed by atoms with Crippen LogP contribution in [0, 0.1) is 0 Å². The predicted octanol–water partition coefficient (Wildman–Crippen LogP) is 2.05. The molecule has 1 fully saturated rings. The van der Waals surface area contributed by atoms with Crippen LogP contribution in [0.4, 0.5) is 0 Å². The number of hydrogen-bond donors (Lipinski definition) is 1. The van der Waals surface area contributed by atoms with Gasteiger partial charge < -0.3 is 10.1 Å². The highest BCUT2D eigenvalue weighted by molar-refractivity contribution is 5.89. The number of nitrogens with zero attached hydrogens (tertiary/aromatic N) is 1. The van der Waals surface area contributed by atoms with Gasteiger partial charge in [-0.15, -0.1) is 0 Å². The minimum atomic E-state index is -0.285. The molecule has 1 unspecified atom stereocenters. The molecule has 4 nitrogen and oxygen atoms in total. The topological polar surface area (TPSA) is 41.6 Å². The minimum absolute atomic E-state index is 0.285. The van der Waals surface area contributed by atoms with E-state index in [-0.39, 0.29) is 5.97 Å². The van der Waals surface area contributed by atoms with Gasteiger partial charge in [0.15, 0.2) is 0 Å². The maximum absolute atomic E-state index is 11.3. The van der Waals surface area contributed by atoms with E-state index in [4.69, 9.17) is 0 Å². The minimum Gasteiger partial charge on any atom is -0.465 e. The Morgan fingerprint density at radius 1 is 1.30 bits per heavy atom. The molecule has 1 aromatic carbocycles. The number of ether oxygens (including phenoxy) is 1. The lowest BCUT2D eigenvalue weighted by Crippen LogP contribution is -2.38. The van der Waals surface area contributed by atoms with Gasteiger partial charge >= 0.3 is 5.97 Å². The van der Waals surface area contributed by atoms with E-state index in [0.29, 0.717) is 11.6 Å². The zero-order chi connectivity index (χ0) is 14.4. The second-order valence-electron chi connectivity index (χ2n) is 5.41. The zero-order valence-electron chi connectivity index (χ0n) is 12.4. The molecule has 1 aromatic rings. The van der Waals surface area contributed by atoms with Gasteiger partial charge in [-0.05, 0) is 50.6 Å². The highest BCUT2D eigenvalue weighted by atomic mass is 16.5. The first-order valence-electron chi connectivity index (χ1n) is 7.32. The van der Waals surface area contributed by atoms with Gasteiger partial charge in [-0.2, -0.15) is 0 Å². The Kier molecular flexibility index (Phi) is 5.56. The van der Waals surface area contributed by atoms with E-state index in [1.807, 2.05) is 24.3 Å². The third-order valence-corrected chi connectivity index (χ3v) is 3.91. The van der Waals surface area contributed by atoms with Crippen LogP contribution in [-0.4, -0.2) is 43.7 Å². The fraction of sp³-hybridized carbons (Fsp3) is 0.562. The van der Waals surface area contributed by atoms with Gasteiger partial charge in [0, 0.05) is 19.1 Å². The highest BCUT2D eigenvalue weighted by Crippen LogP contribution is 2.11. The first kappa shape index (κ1) is 15.0. The number of carbonyl (C=O) groups is 1. The number of methoxy groups -OCH3 is 1. The Balaban J connectivity index is 1.75. The number of rotatable bonds is 6. The molecule has 1 N–H and O–H groups in total. The molecule has 1 aliphatic heterocycles. The molecule has 20 heavy (non-hydrogen) atoms. The van der Waals surface area contributed by atoms with Crippen molar-refractivity contribution in [2.24, 2.45) is 0 Å². The van der Waals surface area contributed by atoms with Crippen LogP contribution in [0.5, 0.6) is 0 Å². The van der Waals surface area contributed by atoms with Gasteiger partial charge in [0.05, 0.1) is 12.7 Å². The molecule has 0 spiro atoms. The third-order valence-electron chi connectivity index (χ3n) is 3.91. The normalized spacial score (nSPS) is 17.1. The number of likely N-dealkylation sites (tertiary alicyclic amines) is 1. The average Bonchev–Trinajstić information content (AvgIpc) is 3.01. The molecule has 0 aliphatic carbocycles. The Labute approximate surface area is 121 Å². The number of nitrogens with one attached hydrogen (secondary N) is 1. The smallest absolute Gasteiger partial charge is 0.337 e. The van der Waals surface area contributed by atoms with Crippen LogP contribution in [0.25, 0.3) is 0 Å². The summed E-state index contributed by atoms with van der Waals surface area (Å²) in [5.74, 6) is -0.285. The van der Waals surface area contributed by atoms with Crippen molar-refractivity contribution in [2.75, 3.05) is 26.7 Å². The first-order valence-corrected chi connectivity index (χ1v) is 7.32. The van der Waals surface area contributed by atoms with Gasteiger partial charge in [0.2, 0.25) is 0 Å². The summed E-state index contributed by atoms with van der Waals surface area (Å²) in [6.07, 6.45) is 2.67. The fourth-order valence-corrected chi connectivity index (χ4v) is 2.61. The van der Waals surface area contributed by atoms with Crippen LogP contribution in [0.15, 0.2) is 24.3 Å². The quantitative estimate of drug-likeness (QED) is 0.807. The van der Waals surface area contributed by atoms with E-state index in [0.717, 1.165) is 13.1 Å². The van der Waals surface area contributed by atoms with Gasteiger partial charge in [-0.3, -0.25) is 4.90 Å². The molecule has 1 saturated heterocycles. The summed E-state index contributed by atoms with van der Waals surface area (Å²) in [5.41, 5.74) is 1.79. The van der Waals surface area contributed by atoms with Crippen LogP contribution in [0.3, 0.4) is 0 Å². The van der Waals surface area contributed by atoms with Crippen molar-refractivity contribution in [3.05, 3.63) is 35.4 Å². The van der Waals surface area contributed by atoms with Crippen LogP contribution in [0.2, 0.25) is 0 Å². The maximum Gasteiger partial charge on any atom is 0.337 e. The van der Waals surface area contributed by atoms with Crippen molar-refractivity contribution in [3.63, 3.8) is 0 Å². The molecule has 0 radical (unpaired) electrons. The molecule has 0 amide bonds. The summed E-state index contributed by atoms with van der Waals surface area (Å²) in [5, 5.41) is 3.48. The summed E-state index contributed by atoms with van der Waals surface area (Å²) in [6.45, 7) is 6.57. The third kappa shape index (κ3) is 4.05. The van der Waals surface area contributed by atoms with E-state index in [1.54, 1.807) is 0 Å². The van der Waals surface area contributed by atoms with Gasteiger partial charge in [0.1, 0.15) is 0 Å². The summed E-state index contributed by atoms with van der Waals surface area (Å²) >= 11 is 0. The molecule has 0 saturated carbocycles. The molecule has 2 rings (SSSR count). The molecule has 1 aliphatic rings. The monoisotopic (exact) mass is 276 g/mol. The lowest BCUT2D eigenvalue weighted by molar-refractivity contribution is 0.0600. The van der Waals surface area contributed by atoms with Crippen molar-refractivity contribution in [2.45, 2.75) is 32.4 Å². The maximum atomic E-state index is 11.3.